The molecule has 0 aliphatic carbocycles. The van der Waals surface area contributed by atoms with E-state index in [-0.39, 0.29) is 11.9 Å². The zero-order valence-electron chi connectivity index (χ0n) is 13.6. The third-order valence-corrected chi connectivity index (χ3v) is 4.35. The molecule has 122 valence electrons. The first-order valence-corrected chi connectivity index (χ1v) is 8.22. The van der Waals surface area contributed by atoms with Gasteiger partial charge in [-0.05, 0) is 31.5 Å². The maximum Gasteiger partial charge on any atom is 0.237 e. The molecule has 0 N–H and O–H groups in total. The first kappa shape index (κ1) is 15.7. The van der Waals surface area contributed by atoms with Gasteiger partial charge >= 0.3 is 0 Å². The minimum absolute atomic E-state index is 0.220. The number of amides is 1. The number of nitrogens with zero attached hydrogens (tertiary/aromatic N) is 4. The Bertz CT molecular complexity index is 611. The molecule has 23 heavy (non-hydrogen) atoms. The molecule has 1 unspecified atom stereocenters. The van der Waals surface area contributed by atoms with Gasteiger partial charge in [0, 0.05) is 25.5 Å². The van der Waals surface area contributed by atoms with Gasteiger partial charge in [0.05, 0.1) is 19.1 Å². The molecule has 1 aromatic heterocycles. The molecule has 0 radical (unpaired) electrons. The third kappa shape index (κ3) is 4.20. The van der Waals surface area contributed by atoms with E-state index in [4.69, 9.17) is 0 Å². The maximum atomic E-state index is 12.6. The topological polar surface area (TPSA) is 41.4 Å². The second-order valence-corrected chi connectivity index (χ2v) is 6.27. The van der Waals surface area contributed by atoms with E-state index < -0.39 is 0 Å². The van der Waals surface area contributed by atoms with Gasteiger partial charge in [0.15, 0.2) is 0 Å². The van der Waals surface area contributed by atoms with Crippen molar-refractivity contribution in [3.8, 4) is 0 Å². The molecule has 0 saturated carbocycles. The number of carbonyl (C=O) groups excluding carboxylic acids is 1. The van der Waals surface area contributed by atoms with E-state index in [9.17, 15) is 4.79 Å². The molecule has 3 rings (SSSR count). The fraction of sp³-hybridized carbons (Fsp3) is 0.444. The van der Waals surface area contributed by atoms with Crippen molar-refractivity contribution in [3.05, 3.63) is 54.4 Å². The van der Waals surface area contributed by atoms with E-state index in [0.29, 0.717) is 6.54 Å². The average Bonchev–Trinajstić information content (AvgIpc) is 3.20. The normalized spacial score (nSPS) is 17.8. The summed E-state index contributed by atoms with van der Waals surface area (Å²) < 4.78 is 1.92. The number of likely N-dealkylation sites (N-methyl/N-ethyl adjacent to an activating group) is 1. The van der Waals surface area contributed by atoms with Gasteiger partial charge in [0.25, 0.3) is 0 Å². The molecule has 1 aromatic carbocycles. The maximum absolute atomic E-state index is 12.6. The Kier molecular flexibility index (Phi) is 5.08. The zero-order chi connectivity index (χ0) is 16.1. The second kappa shape index (κ2) is 7.42. The van der Waals surface area contributed by atoms with Gasteiger partial charge in [-0.25, -0.2) is 0 Å². The van der Waals surface area contributed by atoms with Gasteiger partial charge in [0.2, 0.25) is 5.91 Å². The Morgan fingerprint density at radius 1 is 1.30 bits per heavy atom. The van der Waals surface area contributed by atoms with Gasteiger partial charge in [-0.3, -0.25) is 14.4 Å². The monoisotopic (exact) mass is 312 g/mol. The van der Waals surface area contributed by atoms with Gasteiger partial charge in [-0.15, -0.1) is 0 Å². The van der Waals surface area contributed by atoms with Crippen molar-refractivity contribution >= 4 is 5.91 Å². The largest absolute Gasteiger partial charge is 0.337 e. The van der Waals surface area contributed by atoms with E-state index in [2.05, 4.69) is 22.1 Å². The molecule has 1 amide bonds. The molecule has 1 aliphatic heterocycles. The molecule has 0 spiro atoms. The highest BCUT2D eigenvalue weighted by atomic mass is 16.2. The van der Waals surface area contributed by atoms with Crippen LogP contribution < -0.4 is 0 Å². The van der Waals surface area contributed by atoms with Crippen LogP contribution >= 0.6 is 0 Å². The molecule has 1 fully saturated rings. The lowest BCUT2D eigenvalue weighted by atomic mass is 10.2. The van der Waals surface area contributed by atoms with Crippen molar-refractivity contribution in [2.45, 2.75) is 32.0 Å². The Balaban J connectivity index is 1.54. The van der Waals surface area contributed by atoms with Crippen LogP contribution in [0.5, 0.6) is 0 Å². The van der Waals surface area contributed by atoms with Crippen LogP contribution in [-0.4, -0.2) is 51.7 Å². The fourth-order valence-electron chi connectivity index (χ4n) is 3.25. The summed E-state index contributed by atoms with van der Waals surface area (Å²) in [7, 11) is 2.00. The predicted molar refractivity (Wildman–Crippen MR) is 89.7 cm³/mol. The van der Waals surface area contributed by atoms with E-state index in [1.807, 2.05) is 47.1 Å². The van der Waals surface area contributed by atoms with E-state index in [1.54, 1.807) is 6.20 Å². The van der Waals surface area contributed by atoms with Crippen LogP contribution in [-0.2, 0) is 17.9 Å². The number of hydrogen-bond donors (Lipinski definition) is 0. The Labute approximate surface area is 137 Å². The number of likely N-dealkylation sites (tertiary alicyclic amines) is 1. The van der Waals surface area contributed by atoms with Crippen LogP contribution in [0.15, 0.2) is 48.8 Å². The van der Waals surface area contributed by atoms with E-state index >= 15 is 0 Å². The number of rotatable bonds is 6. The fourth-order valence-corrected chi connectivity index (χ4v) is 3.25. The molecule has 5 nitrogen and oxygen atoms in total. The van der Waals surface area contributed by atoms with Crippen molar-refractivity contribution in [3.63, 3.8) is 0 Å². The molecule has 2 aromatic rings. The Morgan fingerprint density at radius 2 is 2.13 bits per heavy atom. The van der Waals surface area contributed by atoms with Gasteiger partial charge in [-0.1, -0.05) is 30.3 Å². The molecular weight excluding hydrogens is 288 g/mol. The lowest BCUT2D eigenvalue weighted by molar-refractivity contribution is -0.133. The predicted octanol–water partition coefficient (Wildman–Crippen LogP) is 2.01. The summed E-state index contributed by atoms with van der Waals surface area (Å²) in [6, 6.07) is 12.5. The summed E-state index contributed by atoms with van der Waals surface area (Å²) >= 11 is 0. The smallest absolute Gasteiger partial charge is 0.237 e. The minimum Gasteiger partial charge on any atom is -0.337 e. The van der Waals surface area contributed by atoms with Crippen molar-refractivity contribution < 1.29 is 4.79 Å². The quantitative estimate of drug-likeness (QED) is 0.819. The van der Waals surface area contributed by atoms with Gasteiger partial charge in [-0.2, -0.15) is 5.10 Å². The van der Waals surface area contributed by atoms with Crippen molar-refractivity contribution in [2.24, 2.45) is 0 Å². The summed E-state index contributed by atoms with van der Waals surface area (Å²) in [6.07, 6.45) is 5.89. The van der Waals surface area contributed by atoms with Crippen molar-refractivity contribution in [1.29, 1.82) is 0 Å². The summed E-state index contributed by atoms with van der Waals surface area (Å²) in [5.74, 6) is 0.220. The lowest BCUT2D eigenvalue weighted by Crippen LogP contribution is -2.43. The molecule has 1 saturated heterocycles. The third-order valence-electron chi connectivity index (χ3n) is 4.35. The number of carbonyl (C=O) groups is 1. The first-order valence-electron chi connectivity index (χ1n) is 8.22. The summed E-state index contributed by atoms with van der Waals surface area (Å²) in [5, 5.41) is 4.26. The summed E-state index contributed by atoms with van der Waals surface area (Å²) in [6.45, 7) is 2.92. The second-order valence-electron chi connectivity index (χ2n) is 6.27. The number of hydrogen-bond acceptors (Lipinski definition) is 3. The van der Waals surface area contributed by atoms with Crippen LogP contribution in [0.2, 0.25) is 0 Å². The average molecular weight is 312 g/mol. The molecule has 2 heterocycles. The van der Waals surface area contributed by atoms with Crippen LogP contribution in [0.3, 0.4) is 0 Å². The number of benzene rings is 1. The molecule has 1 aliphatic rings. The van der Waals surface area contributed by atoms with E-state index in [1.165, 1.54) is 5.56 Å². The Hall–Kier alpha value is -2.14. The minimum atomic E-state index is 0.220. The van der Waals surface area contributed by atoms with Crippen molar-refractivity contribution in [1.82, 2.24) is 19.6 Å². The van der Waals surface area contributed by atoms with Crippen molar-refractivity contribution in [2.75, 3.05) is 20.1 Å². The van der Waals surface area contributed by atoms with Crippen LogP contribution in [0.25, 0.3) is 0 Å². The molecule has 0 bridgehead atoms. The lowest BCUT2D eigenvalue weighted by Gasteiger charge is -2.27. The van der Waals surface area contributed by atoms with Crippen LogP contribution in [0.4, 0.5) is 0 Å². The highest BCUT2D eigenvalue weighted by Crippen LogP contribution is 2.19. The Morgan fingerprint density at radius 3 is 2.87 bits per heavy atom. The highest BCUT2D eigenvalue weighted by molar-refractivity contribution is 5.78. The molecular formula is C18H24N4O. The summed E-state index contributed by atoms with van der Waals surface area (Å²) in [4.78, 5) is 16.8. The first-order chi connectivity index (χ1) is 11.2. The van der Waals surface area contributed by atoms with E-state index in [0.717, 1.165) is 32.5 Å². The van der Waals surface area contributed by atoms with Gasteiger partial charge < -0.3 is 4.90 Å². The van der Waals surface area contributed by atoms with Crippen LogP contribution in [0, 0.1) is 0 Å². The van der Waals surface area contributed by atoms with Crippen LogP contribution in [0.1, 0.15) is 18.4 Å². The van der Waals surface area contributed by atoms with Gasteiger partial charge in [0.1, 0.15) is 0 Å². The summed E-state index contributed by atoms with van der Waals surface area (Å²) in [5.41, 5.74) is 1.23. The standard InChI is InChI=1S/C18H24N4O/c1-20(13-16-7-3-2-4-8-16)15-18(23)22-12-5-9-17(22)14-21-11-6-10-19-21/h2-4,6-8,10-11,17H,5,9,12-15H2,1H3. The molecule has 1 atom stereocenters. The number of aromatic nitrogens is 2. The highest BCUT2D eigenvalue weighted by Gasteiger charge is 2.29. The molecule has 5 heteroatoms. The SMILES string of the molecule is CN(CC(=O)N1CCCC1Cn1cccn1)Cc1ccccc1. The zero-order valence-corrected chi connectivity index (χ0v) is 13.6.